The van der Waals surface area contributed by atoms with Gasteiger partial charge in [0.2, 0.25) is 0 Å². The average molecular weight is 300 g/mol. The van der Waals surface area contributed by atoms with Crippen molar-refractivity contribution in [1.29, 1.82) is 0 Å². The van der Waals surface area contributed by atoms with E-state index in [0.29, 0.717) is 0 Å². The molecular weight excluding hydrogens is 264 g/mol. The van der Waals surface area contributed by atoms with Crippen LogP contribution in [-0.4, -0.2) is 17.4 Å². The largest absolute Gasteiger partial charge is 0.506 e. The van der Waals surface area contributed by atoms with Gasteiger partial charge in [-0.1, -0.05) is 78.1 Å². The molecule has 21 heavy (non-hydrogen) atoms. The molecule has 0 aromatic rings. The molecule has 1 unspecified atom stereocenters. The summed E-state index contributed by atoms with van der Waals surface area (Å²) in [5, 5.41) is 8.79. The van der Waals surface area contributed by atoms with E-state index >= 15 is 0 Å². The first kappa shape index (κ1) is 20.3. The third-order valence-electron chi connectivity index (χ3n) is 4.03. The number of carbonyl (C=O) groups is 1. The quantitative estimate of drug-likeness (QED) is 0.275. The molecule has 0 heterocycles. The van der Waals surface area contributed by atoms with Gasteiger partial charge in [0.1, 0.15) is 6.10 Å². The van der Waals surface area contributed by atoms with E-state index in [1.54, 1.807) is 0 Å². The van der Waals surface area contributed by atoms with E-state index < -0.39 is 6.16 Å². The molecule has 0 fully saturated rings. The number of rotatable bonds is 15. The van der Waals surface area contributed by atoms with Crippen LogP contribution in [0.4, 0.5) is 4.79 Å². The van der Waals surface area contributed by atoms with E-state index in [-0.39, 0.29) is 6.10 Å². The Morgan fingerprint density at radius 1 is 0.762 bits per heavy atom. The maximum absolute atomic E-state index is 10.7. The van der Waals surface area contributed by atoms with Gasteiger partial charge in [0.25, 0.3) is 0 Å². The Bertz CT molecular complexity index is 229. The summed E-state index contributed by atoms with van der Waals surface area (Å²) in [6.45, 7) is 4.43. The summed E-state index contributed by atoms with van der Waals surface area (Å²) in [5.74, 6) is 0. The van der Waals surface area contributed by atoms with E-state index in [2.05, 4.69) is 13.8 Å². The molecule has 3 heteroatoms. The maximum atomic E-state index is 10.7. The van der Waals surface area contributed by atoms with Crippen molar-refractivity contribution in [1.82, 2.24) is 0 Å². The highest BCUT2D eigenvalue weighted by molar-refractivity contribution is 5.57. The highest BCUT2D eigenvalue weighted by Gasteiger charge is 2.12. The molecule has 0 saturated heterocycles. The van der Waals surface area contributed by atoms with Gasteiger partial charge in [-0.3, -0.25) is 0 Å². The van der Waals surface area contributed by atoms with Crippen molar-refractivity contribution in [2.75, 3.05) is 0 Å². The Morgan fingerprint density at radius 3 is 1.57 bits per heavy atom. The molecule has 0 aliphatic rings. The van der Waals surface area contributed by atoms with E-state index in [1.807, 2.05) is 0 Å². The second-order valence-electron chi connectivity index (χ2n) is 6.12. The lowest BCUT2D eigenvalue weighted by atomic mass is 10.0. The Morgan fingerprint density at radius 2 is 1.14 bits per heavy atom. The summed E-state index contributed by atoms with van der Waals surface area (Å²) in [6, 6.07) is 0. The van der Waals surface area contributed by atoms with Crippen LogP contribution >= 0.6 is 0 Å². The van der Waals surface area contributed by atoms with Gasteiger partial charge in [-0.25, -0.2) is 4.79 Å². The van der Waals surface area contributed by atoms with Gasteiger partial charge in [0, 0.05) is 0 Å². The van der Waals surface area contributed by atoms with E-state index in [9.17, 15) is 4.79 Å². The average Bonchev–Trinajstić information content (AvgIpc) is 2.45. The number of hydrogen-bond acceptors (Lipinski definition) is 2. The number of ether oxygens (including phenoxy) is 1. The molecule has 0 aromatic carbocycles. The molecule has 126 valence electrons. The topological polar surface area (TPSA) is 46.5 Å². The fourth-order valence-corrected chi connectivity index (χ4v) is 2.71. The van der Waals surface area contributed by atoms with Crippen LogP contribution in [0.1, 0.15) is 104 Å². The smallest absolute Gasteiger partial charge is 0.450 e. The normalized spacial score (nSPS) is 12.3. The summed E-state index contributed by atoms with van der Waals surface area (Å²) in [4.78, 5) is 10.7. The molecule has 0 rings (SSSR count). The molecule has 0 aliphatic heterocycles. The first-order valence-electron chi connectivity index (χ1n) is 9.10. The zero-order valence-corrected chi connectivity index (χ0v) is 14.2. The number of hydrogen-bond donors (Lipinski definition) is 1. The van der Waals surface area contributed by atoms with Crippen LogP contribution in [0.2, 0.25) is 0 Å². The van der Waals surface area contributed by atoms with Crippen molar-refractivity contribution < 1.29 is 14.6 Å². The molecule has 0 amide bonds. The van der Waals surface area contributed by atoms with Crippen LogP contribution < -0.4 is 0 Å². The predicted octanol–water partition coefficient (Wildman–Crippen LogP) is 6.55. The van der Waals surface area contributed by atoms with Crippen LogP contribution in [0.25, 0.3) is 0 Å². The zero-order chi connectivity index (χ0) is 15.8. The second kappa shape index (κ2) is 15.7. The highest BCUT2D eigenvalue weighted by atomic mass is 16.7. The standard InChI is InChI=1S/C18H36O3/c1-3-5-7-9-10-11-12-14-16-17(21-18(19)20)15-13-8-6-4-2/h17H,3-16H2,1-2H3,(H,19,20). The van der Waals surface area contributed by atoms with Crippen LogP contribution in [0.15, 0.2) is 0 Å². The van der Waals surface area contributed by atoms with E-state index in [0.717, 1.165) is 25.7 Å². The lowest BCUT2D eigenvalue weighted by Gasteiger charge is -2.15. The molecule has 0 saturated carbocycles. The van der Waals surface area contributed by atoms with Crippen molar-refractivity contribution in [3.63, 3.8) is 0 Å². The first-order chi connectivity index (χ1) is 10.2. The first-order valence-corrected chi connectivity index (χ1v) is 9.10. The predicted molar refractivity (Wildman–Crippen MR) is 88.9 cm³/mol. The maximum Gasteiger partial charge on any atom is 0.506 e. The molecule has 1 N–H and O–H groups in total. The lowest BCUT2D eigenvalue weighted by molar-refractivity contribution is 0.0422. The number of carboxylic acid groups (broad SMARTS) is 1. The molecular formula is C18H36O3. The third-order valence-corrected chi connectivity index (χ3v) is 4.03. The minimum atomic E-state index is -1.12. The molecule has 0 aromatic heterocycles. The van der Waals surface area contributed by atoms with Gasteiger partial charge in [0.15, 0.2) is 0 Å². The monoisotopic (exact) mass is 300 g/mol. The molecule has 3 nitrogen and oxygen atoms in total. The molecule has 0 aliphatic carbocycles. The van der Waals surface area contributed by atoms with Gasteiger partial charge in [-0.2, -0.15) is 0 Å². The van der Waals surface area contributed by atoms with E-state index in [4.69, 9.17) is 9.84 Å². The van der Waals surface area contributed by atoms with Gasteiger partial charge < -0.3 is 9.84 Å². The van der Waals surface area contributed by atoms with Crippen molar-refractivity contribution in [2.45, 2.75) is 110 Å². The Hall–Kier alpha value is -0.730. The molecule has 0 bridgehead atoms. The summed E-state index contributed by atoms with van der Waals surface area (Å²) in [5.41, 5.74) is 0. The van der Waals surface area contributed by atoms with Crippen molar-refractivity contribution in [3.8, 4) is 0 Å². The summed E-state index contributed by atoms with van der Waals surface area (Å²) >= 11 is 0. The fourth-order valence-electron chi connectivity index (χ4n) is 2.71. The fraction of sp³-hybridized carbons (Fsp3) is 0.944. The molecule has 1 atom stereocenters. The third kappa shape index (κ3) is 15.5. The van der Waals surface area contributed by atoms with Crippen LogP contribution in [0.5, 0.6) is 0 Å². The zero-order valence-electron chi connectivity index (χ0n) is 14.2. The van der Waals surface area contributed by atoms with Crippen LogP contribution in [-0.2, 0) is 4.74 Å². The Labute approximate surface area is 131 Å². The minimum Gasteiger partial charge on any atom is -0.450 e. The van der Waals surface area contributed by atoms with Crippen molar-refractivity contribution in [3.05, 3.63) is 0 Å². The highest BCUT2D eigenvalue weighted by Crippen LogP contribution is 2.16. The van der Waals surface area contributed by atoms with Crippen molar-refractivity contribution in [2.24, 2.45) is 0 Å². The Kier molecular flexibility index (Phi) is 15.1. The SMILES string of the molecule is CCCCCCCCCCC(CCCCCC)OC(=O)O. The minimum absolute atomic E-state index is 0.0838. The van der Waals surface area contributed by atoms with Gasteiger partial charge in [0.05, 0.1) is 0 Å². The summed E-state index contributed by atoms with van der Waals surface area (Å²) < 4.78 is 5.01. The van der Waals surface area contributed by atoms with Gasteiger partial charge >= 0.3 is 6.16 Å². The molecule has 0 spiro atoms. The van der Waals surface area contributed by atoms with Crippen molar-refractivity contribution >= 4 is 6.16 Å². The lowest BCUT2D eigenvalue weighted by Crippen LogP contribution is -2.16. The Balaban J connectivity index is 3.58. The van der Waals surface area contributed by atoms with Crippen LogP contribution in [0.3, 0.4) is 0 Å². The van der Waals surface area contributed by atoms with Gasteiger partial charge in [-0.05, 0) is 25.7 Å². The summed E-state index contributed by atoms with van der Waals surface area (Å²) in [6.07, 6.45) is 15.6. The van der Waals surface area contributed by atoms with E-state index in [1.165, 1.54) is 64.2 Å². The molecule has 0 radical (unpaired) electrons. The van der Waals surface area contributed by atoms with Crippen LogP contribution in [0, 0.1) is 0 Å². The summed E-state index contributed by atoms with van der Waals surface area (Å²) in [7, 11) is 0. The second-order valence-corrected chi connectivity index (χ2v) is 6.12. The van der Waals surface area contributed by atoms with Gasteiger partial charge in [-0.15, -0.1) is 0 Å². The number of unbranched alkanes of at least 4 members (excludes halogenated alkanes) is 10.